The normalized spacial score (nSPS) is 28.5. The summed E-state index contributed by atoms with van der Waals surface area (Å²) in [6.45, 7) is 0.144. The van der Waals surface area contributed by atoms with Gasteiger partial charge in [-0.15, -0.1) is 0 Å². The van der Waals surface area contributed by atoms with Crippen molar-refractivity contribution in [1.29, 1.82) is 0 Å². The van der Waals surface area contributed by atoms with Gasteiger partial charge in [0.25, 0.3) is 11.2 Å². The van der Waals surface area contributed by atoms with E-state index >= 15 is 0 Å². The van der Waals surface area contributed by atoms with Gasteiger partial charge in [0.2, 0.25) is 0 Å². The number of ether oxygens (including phenoxy) is 3. The molecule has 3 aliphatic carbocycles. The highest BCUT2D eigenvalue weighted by Gasteiger charge is 2.80. The molecule has 3 fully saturated rings. The molecule has 0 saturated heterocycles. The maximum absolute atomic E-state index is 14.8. The van der Waals surface area contributed by atoms with Crippen molar-refractivity contribution in [2.24, 2.45) is 46.8 Å². The maximum atomic E-state index is 14.8. The van der Waals surface area contributed by atoms with E-state index in [0.29, 0.717) is 0 Å². The van der Waals surface area contributed by atoms with Gasteiger partial charge in [-0.2, -0.15) is 92.2 Å². The highest BCUT2D eigenvalue weighted by atomic mass is 19.4. The number of rotatable bonds is 12. The maximum Gasteiger partial charge on any atom is 0.437 e. The van der Waals surface area contributed by atoms with Crippen molar-refractivity contribution in [2.45, 2.75) is 132 Å². The number of hydrogen-bond acceptors (Lipinski definition) is 5. The zero-order valence-electron chi connectivity index (χ0n) is 30.1. The number of carbonyl (C=O) groups is 1. The first-order valence-corrected chi connectivity index (χ1v) is 17.4. The lowest BCUT2D eigenvalue weighted by Crippen LogP contribution is -2.67. The minimum absolute atomic E-state index is 0.217. The van der Waals surface area contributed by atoms with Gasteiger partial charge in [0, 0.05) is 18.4 Å². The Labute approximate surface area is 315 Å². The van der Waals surface area contributed by atoms with E-state index in [-0.39, 0.29) is 13.3 Å². The van der Waals surface area contributed by atoms with Gasteiger partial charge in [-0.05, 0) is 94.8 Å². The van der Waals surface area contributed by atoms with Gasteiger partial charge in [0.15, 0.2) is 5.41 Å². The van der Waals surface area contributed by atoms with Crippen LogP contribution in [-0.2, 0) is 19.0 Å². The lowest BCUT2D eigenvalue weighted by molar-refractivity contribution is -0.401. The van der Waals surface area contributed by atoms with Crippen LogP contribution in [0.4, 0.5) is 92.2 Å². The molecule has 3 rings (SSSR count). The fourth-order valence-corrected chi connectivity index (χ4v) is 9.09. The van der Waals surface area contributed by atoms with Gasteiger partial charge < -0.3 is 19.3 Å². The molecule has 342 valence electrons. The van der Waals surface area contributed by atoms with Crippen LogP contribution in [0.2, 0.25) is 0 Å². The molecule has 26 heteroatoms. The summed E-state index contributed by atoms with van der Waals surface area (Å²) in [5.74, 6) is -17.1. The minimum atomic E-state index is -6.96. The van der Waals surface area contributed by atoms with Crippen molar-refractivity contribution in [3.8, 4) is 0 Å². The molecular weight excluding hydrogens is 863 g/mol. The Morgan fingerprint density at radius 3 is 1.43 bits per heavy atom. The Kier molecular flexibility index (Phi) is 13.6. The lowest BCUT2D eigenvalue weighted by atomic mass is 9.65. The van der Waals surface area contributed by atoms with Crippen LogP contribution >= 0.6 is 0 Å². The fraction of sp³-hybridized carbons (Fsp3) is 0.969. The van der Waals surface area contributed by atoms with Gasteiger partial charge in [-0.3, -0.25) is 4.79 Å². The smallest absolute Gasteiger partial charge is 0.437 e. The van der Waals surface area contributed by atoms with Gasteiger partial charge >= 0.3 is 54.8 Å². The molecule has 6 atom stereocenters. The van der Waals surface area contributed by atoms with E-state index in [9.17, 15) is 102 Å². The third kappa shape index (κ3) is 8.41. The van der Waals surface area contributed by atoms with E-state index in [0.717, 1.165) is 6.92 Å². The summed E-state index contributed by atoms with van der Waals surface area (Å²) in [6.07, 6.45) is -58.0. The first kappa shape index (κ1) is 50.2. The second kappa shape index (κ2) is 15.7. The number of halogens is 21. The first-order chi connectivity index (χ1) is 25.7. The molecule has 0 aromatic carbocycles. The molecule has 1 N–H and O–H groups in total. The largest absolute Gasteiger partial charge is 0.438 e. The quantitative estimate of drug-likeness (QED) is 0.0915. The molecule has 3 aliphatic rings. The molecule has 0 spiro atoms. The van der Waals surface area contributed by atoms with Crippen molar-refractivity contribution in [2.75, 3.05) is 13.4 Å². The minimum Gasteiger partial charge on any atom is -0.438 e. The molecule has 0 amide bonds. The third-order valence-electron chi connectivity index (χ3n) is 12.4. The Bertz CT molecular complexity index is 1380. The number of alkyl halides is 21. The molecule has 6 unspecified atom stereocenters. The molecule has 0 radical (unpaired) electrons. The summed E-state index contributed by atoms with van der Waals surface area (Å²) >= 11 is 0. The number of hydrogen-bond donors (Lipinski definition) is 1. The summed E-state index contributed by atoms with van der Waals surface area (Å²) < 4.78 is 310. The fourth-order valence-electron chi connectivity index (χ4n) is 9.09. The van der Waals surface area contributed by atoms with Crippen LogP contribution in [0.25, 0.3) is 0 Å². The van der Waals surface area contributed by atoms with Crippen LogP contribution < -0.4 is 0 Å². The Morgan fingerprint density at radius 2 is 1.07 bits per heavy atom. The molecular formula is C32H37F21O5. The molecule has 58 heavy (non-hydrogen) atoms. The van der Waals surface area contributed by atoms with Crippen molar-refractivity contribution < 1.29 is 116 Å². The number of aliphatic hydroxyl groups is 1. The lowest BCUT2D eigenvalue weighted by Gasteiger charge is -2.48. The summed E-state index contributed by atoms with van der Waals surface area (Å²) in [5.41, 5.74) is -21.1. The van der Waals surface area contributed by atoms with Crippen molar-refractivity contribution in [3.63, 3.8) is 0 Å². The standard InChI is InChI=1S/C32H37F21O5/c1-4-56-13-57-23(27(36,37)38,28(39,40)41)11-16-9-15-10-19(16)20(14(15)2)12-22(3,26(33,34)35)21(54)58-25(31(48,49)50,32(51,52)53)18-7-5-17(6-8-18)24(55,29(42,43)44)30(45,46)47/h14-20,55H,4-13H2,1-3H3. The van der Waals surface area contributed by atoms with Crippen LogP contribution in [0.15, 0.2) is 0 Å². The van der Waals surface area contributed by atoms with Crippen LogP contribution in [0, 0.1) is 46.8 Å². The van der Waals surface area contributed by atoms with Gasteiger partial charge in [-0.1, -0.05) is 6.92 Å². The van der Waals surface area contributed by atoms with Gasteiger partial charge in [-0.25, -0.2) is 0 Å². The topological polar surface area (TPSA) is 65.0 Å². The SMILES string of the molecule is CCOCOC(CC1CC2CC1C(CC(C)(C(=O)OC(C1CCC(C(O)(C(F)(F)F)C(F)(F)F)CC1)(C(F)(F)F)C(F)(F)F)C(F)(F)F)C2C)(C(F)(F)F)C(F)(F)F. The molecule has 5 nitrogen and oxygen atoms in total. The van der Waals surface area contributed by atoms with Gasteiger partial charge in [0.05, 0.1) is 0 Å². The van der Waals surface area contributed by atoms with E-state index in [1.807, 2.05) is 0 Å². The van der Waals surface area contributed by atoms with Crippen LogP contribution in [0.3, 0.4) is 0 Å². The molecule has 0 aromatic heterocycles. The van der Waals surface area contributed by atoms with Crippen molar-refractivity contribution in [1.82, 2.24) is 0 Å². The summed E-state index contributed by atoms with van der Waals surface area (Å²) in [5, 5.41) is 9.64. The molecule has 3 saturated carbocycles. The number of esters is 1. The van der Waals surface area contributed by atoms with Gasteiger partial charge in [0.1, 0.15) is 6.79 Å². The van der Waals surface area contributed by atoms with Crippen LogP contribution in [-0.4, -0.2) is 84.5 Å². The Morgan fingerprint density at radius 1 is 0.621 bits per heavy atom. The van der Waals surface area contributed by atoms with E-state index in [4.69, 9.17) is 0 Å². The molecule has 2 bridgehead atoms. The van der Waals surface area contributed by atoms with E-state index in [1.165, 1.54) is 6.92 Å². The molecule has 0 aromatic rings. The first-order valence-electron chi connectivity index (χ1n) is 17.4. The average Bonchev–Trinajstić information content (AvgIpc) is 3.56. The highest BCUT2D eigenvalue weighted by Crippen LogP contribution is 2.64. The second-order valence-electron chi connectivity index (χ2n) is 15.4. The Balaban J connectivity index is 2.06. The zero-order valence-corrected chi connectivity index (χ0v) is 30.1. The second-order valence-corrected chi connectivity index (χ2v) is 15.4. The monoisotopic (exact) mass is 900 g/mol. The number of carbonyl (C=O) groups excluding carboxylic acids is 1. The van der Waals surface area contributed by atoms with E-state index in [1.54, 1.807) is 0 Å². The summed E-state index contributed by atoms with van der Waals surface area (Å²) in [6, 6.07) is 0. The molecule has 0 heterocycles. The Hall–Kier alpha value is -2.12. The summed E-state index contributed by atoms with van der Waals surface area (Å²) in [4.78, 5) is 13.4. The number of fused-ring (bicyclic) bond motifs is 2. The zero-order chi connectivity index (χ0) is 45.3. The van der Waals surface area contributed by atoms with E-state index in [2.05, 4.69) is 14.2 Å². The average molecular weight is 901 g/mol. The third-order valence-corrected chi connectivity index (χ3v) is 12.4. The molecule has 0 aliphatic heterocycles. The van der Waals surface area contributed by atoms with Crippen molar-refractivity contribution >= 4 is 5.97 Å². The predicted octanol–water partition coefficient (Wildman–Crippen LogP) is 11.2. The summed E-state index contributed by atoms with van der Waals surface area (Å²) in [7, 11) is 0. The highest BCUT2D eigenvalue weighted by molar-refractivity contribution is 5.78. The van der Waals surface area contributed by atoms with Crippen LogP contribution in [0.1, 0.15) is 72.1 Å². The van der Waals surface area contributed by atoms with Crippen LogP contribution in [0.5, 0.6) is 0 Å². The van der Waals surface area contributed by atoms with E-state index < -0.39 is 171 Å². The van der Waals surface area contributed by atoms with Crippen molar-refractivity contribution in [3.05, 3.63) is 0 Å². The predicted molar refractivity (Wildman–Crippen MR) is 152 cm³/mol.